The zero-order valence-electron chi connectivity index (χ0n) is 13.9. The molecular formula is C19H30N2. The van der Waals surface area contributed by atoms with Crippen molar-refractivity contribution < 1.29 is 0 Å². The molecule has 2 saturated carbocycles. The summed E-state index contributed by atoms with van der Waals surface area (Å²) in [5.74, 6) is 1.87. The number of hydrogen-bond donors (Lipinski definition) is 1. The average Bonchev–Trinajstić information content (AvgIpc) is 3.28. The second kappa shape index (κ2) is 6.10. The minimum Gasteiger partial charge on any atom is -0.329 e. The lowest BCUT2D eigenvalue weighted by atomic mass is 9.92. The lowest BCUT2D eigenvalue weighted by Crippen LogP contribution is -2.37. The molecule has 2 nitrogen and oxygen atoms in total. The van der Waals surface area contributed by atoms with Crippen LogP contribution in [0.1, 0.15) is 54.0 Å². The van der Waals surface area contributed by atoms with Crippen molar-refractivity contribution in [1.82, 2.24) is 4.90 Å². The Bertz CT molecular complexity index is 463. The van der Waals surface area contributed by atoms with Crippen LogP contribution in [-0.2, 0) is 0 Å². The molecule has 3 rings (SSSR count). The van der Waals surface area contributed by atoms with Gasteiger partial charge in [-0.1, -0.05) is 17.7 Å². The molecule has 0 aromatic heterocycles. The van der Waals surface area contributed by atoms with Gasteiger partial charge in [0, 0.05) is 25.7 Å². The Balaban J connectivity index is 1.86. The highest BCUT2D eigenvalue weighted by Crippen LogP contribution is 2.38. The summed E-state index contributed by atoms with van der Waals surface area (Å²) in [6.07, 6.45) is 5.68. The minimum absolute atomic E-state index is 0.409. The van der Waals surface area contributed by atoms with Gasteiger partial charge in [-0.3, -0.25) is 4.90 Å². The normalized spacial score (nSPS) is 20.0. The van der Waals surface area contributed by atoms with Crippen LogP contribution in [0.3, 0.4) is 0 Å². The monoisotopic (exact) mass is 286 g/mol. The van der Waals surface area contributed by atoms with Crippen LogP contribution < -0.4 is 5.73 Å². The van der Waals surface area contributed by atoms with E-state index in [-0.39, 0.29) is 0 Å². The molecule has 2 heteroatoms. The van der Waals surface area contributed by atoms with Gasteiger partial charge in [0.2, 0.25) is 0 Å². The summed E-state index contributed by atoms with van der Waals surface area (Å²) in [4.78, 5) is 2.71. The van der Waals surface area contributed by atoms with E-state index < -0.39 is 0 Å². The Morgan fingerprint density at radius 2 is 1.48 bits per heavy atom. The van der Waals surface area contributed by atoms with Crippen molar-refractivity contribution in [2.75, 3.05) is 19.6 Å². The van der Waals surface area contributed by atoms with Gasteiger partial charge in [0.05, 0.1) is 0 Å². The zero-order valence-corrected chi connectivity index (χ0v) is 13.9. The largest absolute Gasteiger partial charge is 0.329 e. The SMILES string of the molecule is Cc1cc(C)c(C(CN)N(CC2CC2)CC2CC2)c(C)c1. The van der Waals surface area contributed by atoms with E-state index in [4.69, 9.17) is 5.73 Å². The Morgan fingerprint density at radius 1 is 1.00 bits per heavy atom. The maximum Gasteiger partial charge on any atom is 0.0475 e. The minimum atomic E-state index is 0.409. The lowest BCUT2D eigenvalue weighted by Gasteiger charge is -2.33. The number of rotatable bonds is 7. The Labute approximate surface area is 129 Å². The van der Waals surface area contributed by atoms with Crippen molar-refractivity contribution in [3.8, 4) is 0 Å². The fraction of sp³-hybridized carbons (Fsp3) is 0.684. The highest BCUT2D eigenvalue weighted by molar-refractivity contribution is 5.40. The van der Waals surface area contributed by atoms with Crippen molar-refractivity contribution in [3.05, 3.63) is 34.4 Å². The maximum absolute atomic E-state index is 6.23. The van der Waals surface area contributed by atoms with E-state index in [9.17, 15) is 0 Å². The first-order valence-electron chi connectivity index (χ1n) is 8.60. The average molecular weight is 286 g/mol. The molecule has 2 aliphatic carbocycles. The summed E-state index contributed by atoms with van der Waals surface area (Å²) in [7, 11) is 0. The van der Waals surface area contributed by atoms with Crippen LogP contribution in [-0.4, -0.2) is 24.5 Å². The first-order chi connectivity index (χ1) is 10.1. The molecule has 0 saturated heterocycles. The van der Waals surface area contributed by atoms with Crippen molar-refractivity contribution in [3.63, 3.8) is 0 Å². The van der Waals surface area contributed by atoms with Gasteiger partial charge in [-0.15, -0.1) is 0 Å². The van der Waals surface area contributed by atoms with Gasteiger partial charge < -0.3 is 5.73 Å². The number of hydrogen-bond acceptors (Lipinski definition) is 2. The van der Waals surface area contributed by atoms with Gasteiger partial charge >= 0.3 is 0 Å². The molecule has 1 aromatic carbocycles. The van der Waals surface area contributed by atoms with Crippen LogP contribution in [0.4, 0.5) is 0 Å². The van der Waals surface area contributed by atoms with E-state index >= 15 is 0 Å². The summed E-state index contributed by atoms with van der Waals surface area (Å²) in [5.41, 5.74) is 11.9. The highest BCUT2D eigenvalue weighted by atomic mass is 15.2. The Morgan fingerprint density at radius 3 is 1.86 bits per heavy atom. The quantitative estimate of drug-likeness (QED) is 0.827. The smallest absolute Gasteiger partial charge is 0.0475 e. The van der Waals surface area contributed by atoms with Crippen LogP contribution >= 0.6 is 0 Å². The lowest BCUT2D eigenvalue weighted by molar-refractivity contribution is 0.184. The Kier molecular flexibility index (Phi) is 4.37. The van der Waals surface area contributed by atoms with E-state index in [1.165, 1.54) is 61.0 Å². The van der Waals surface area contributed by atoms with Crippen LogP contribution in [0.2, 0.25) is 0 Å². The molecule has 0 amide bonds. The van der Waals surface area contributed by atoms with E-state index in [0.717, 1.165) is 18.4 Å². The molecule has 0 bridgehead atoms. The summed E-state index contributed by atoms with van der Waals surface area (Å²) in [5, 5.41) is 0. The summed E-state index contributed by atoms with van der Waals surface area (Å²) in [6.45, 7) is 9.95. The fourth-order valence-electron chi connectivity index (χ4n) is 3.76. The first-order valence-corrected chi connectivity index (χ1v) is 8.60. The standard InChI is InChI=1S/C19H30N2/c1-13-8-14(2)19(15(3)9-13)18(10-20)21(11-16-4-5-16)12-17-6-7-17/h8-9,16-18H,4-7,10-12,20H2,1-3H3. The second-order valence-electron chi connectivity index (χ2n) is 7.40. The molecule has 0 aliphatic heterocycles. The summed E-state index contributed by atoms with van der Waals surface area (Å²) >= 11 is 0. The number of nitrogens with zero attached hydrogens (tertiary/aromatic N) is 1. The Hall–Kier alpha value is -0.860. The highest BCUT2D eigenvalue weighted by Gasteiger charge is 2.33. The van der Waals surface area contributed by atoms with Gasteiger partial charge in [-0.2, -0.15) is 0 Å². The van der Waals surface area contributed by atoms with Gasteiger partial charge in [-0.25, -0.2) is 0 Å². The van der Waals surface area contributed by atoms with E-state index in [1.54, 1.807) is 0 Å². The van der Waals surface area contributed by atoms with Crippen LogP contribution in [0.25, 0.3) is 0 Å². The third-order valence-electron chi connectivity index (χ3n) is 5.11. The van der Waals surface area contributed by atoms with E-state index in [2.05, 4.69) is 37.8 Å². The molecule has 2 N–H and O–H groups in total. The third kappa shape index (κ3) is 3.67. The predicted octanol–water partition coefficient (Wildman–Crippen LogP) is 3.73. The van der Waals surface area contributed by atoms with Gasteiger partial charge in [-0.05, 0) is 75.0 Å². The van der Waals surface area contributed by atoms with Gasteiger partial charge in [0.1, 0.15) is 0 Å². The molecule has 2 fully saturated rings. The number of nitrogens with two attached hydrogens (primary N) is 1. The second-order valence-corrected chi connectivity index (χ2v) is 7.40. The van der Waals surface area contributed by atoms with E-state index in [0.29, 0.717) is 6.04 Å². The molecule has 116 valence electrons. The number of benzene rings is 1. The number of aryl methyl sites for hydroxylation is 3. The predicted molar refractivity (Wildman–Crippen MR) is 89.5 cm³/mol. The van der Waals surface area contributed by atoms with Crippen molar-refractivity contribution in [1.29, 1.82) is 0 Å². The molecular weight excluding hydrogens is 256 g/mol. The first kappa shape index (κ1) is 15.1. The molecule has 21 heavy (non-hydrogen) atoms. The molecule has 0 radical (unpaired) electrons. The molecule has 0 heterocycles. The molecule has 0 spiro atoms. The summed E-state index contributed by atoms with van der Waals surface area (Å²) in [6, 6.07) is 5.04. The third-order valence-corrected chi connectivity index (χ3v) is 5.11. The van der Waals surface area contributed by atoms with Crippen molar-refractivity contribution in [2.24, 2.45) is 17.6 Å². The molecule has 1 unspecified atom stereocenters. The molecule has 1 atom stereocenters. The van der Waals surface area contributed by atoms with Crippen LogP contribution in [0.15, 0.2) is 12.1 Å². The zero-order chi connectivity index (χ0) is 15.0. The van der Waals surface area contributed by atoms with Crippen molar-refractivity contribution in [2.45, 2.75) is 52.5 Å². The van der Waals surface area contributed by atoms with Crippen LogP contribution in [0.5, 0.6) is 0 Å². The topological polar surface area (TPSA) is 29.3 Å². The van der Waals surface area contributed by atoms with Gasteiger partial charge in [0.15, 0.2) is 0 Å². The van der Waals surface area contributed by atoms with Gasteiger partial charge in [0.25, 0.3) is 0 Å². The molecule has 2 aliphatic rings. The fourth-order valence-corrected chi connectivity index (χ4v) is 3.76. The van der Waals surface area contributed by atoms with E-state index in [1.807, 2.05) is 0 Å². The van der Waals surface area contributed by atoms with Crippen molar-refractivity contribution >= 4 is 0 Å². The maximum atomic E-state index is 6.23. The molecule has 1 aromatic rings. The summed E-state index contributed by atoms with van der Waals surface area (Å²) < 4.78 is 0. The van der Waals surface area contributed by atoms with Crippen LogP contribution in [0, 0.1) is 32.6 Å².